The van der Waals surface area contributed by atoms with Gasteiger partial charge in [0.15, 0.2) is 0 Å². The quantitative estimate of drug-likeness (QED) is 0.867. The molecule has 0 aliphatic carbocycles. The number of fused-ring (bicyclic) bond motifs is 1. The summed E-state index contributed by atoms with van der Waals surface area (Å²) in [6, 6.07) is 16.6. The van der Waals surface area contributed by atoms with E-state index in [9.17, 15) is 5.26 Å². The smallest absolute Gasteiger partial charge is 0.122 e. The fourth-order valence-electron chi connectivity index (χ4n) is 2.03. The molecule has 2 aromatic carbocycles. The van der Waals surface area contributed by atoms with Crippen LogP contribution >= 0.6 is 0 Å². The fraction of sp³-hybridized carbons (Fsp3) is 0.267. The Bertz CT molecular complexity index is 547. The molecule has 0 fully saturated rings. The number of nitriles is 1. The van der Waals surface area contributed by atoms with Crippen LogP contribution in [0, 0.1) is 11.3 Å². The first kappa shape index (κ1) is 11.6. The standard InChI is InChI=1S/C15H16N2/c1-11(2)17-15(10-16)14-9-5-7-12-6-3-4-8-13(12)14/h3-9,11,15,17H,1-2H3. The van der Waals surface area contributed by atoms with E-state index in [1.54, 1.807) is 0 Å². The largest absolute Gasteiger partial charge is 0.296 e. The van der Waals surface area contributed by atoms with Gasteiger partial charge in [-0.25, -0.2) is 0 Å². The highest BCUT2D eigenvalue weighted by Crippen LogP contribution is 2.24. The average Bonchev–Trinajstić information content (AvgIpc) is 2.35. The molecule has 0 aliphatic rings. The van der Waals surface area contributed by atoms with Crippen molar-refractivity contribution >= 4 is 10.8 Å². The van der Waals surface area contributed by atoms with Gasteiger partial charge in [-0.3, -0.25) is 5.32 Å². The molecule has 0 aliphatic heterocycles. The van der Waals surface area contributed by atoms with E-state index in [4.69, 9.17) is 0 Å². The van der Waals surface area contributed by atoms with E-state index in [1.807, 2.05) is 24.3 Å². The molecule has 0 bridgehead atoms. The van der Waals surface area contributed by atoms with Gasteiger partial charge in [0.25, 0.3) is 0 Å². The van der Waals surface area contributed by atoms with Gasteiger partial charge in [0.1, 0.15) is 6.04 Å². The van der Waals surface area contributed by atoms with Crippen LogP contribution in [-0.2, 0) is 0 Å². The Morgan fingerprint density at radius 1 is 1.06 bits per heavy atom. The molecule has 2 aromatic rings. The second-order valence-corrected chi connectivity index (χ2v) is 4.45. The Kier molecular flexibility index (Phi) is 3.41. The molecule has 0 aromatic heterocycles. The molecular formula is C15H16N2. The lowest BCUT2D eigenvalue weighted by atomic mass is 9.99. The molecule has 0 saturated heterocycles. The van der Waals surface area contributed by atoms with Crippen LogP contribution in [0.5, 0.6) is 0 Å². The van der Waals surface area contributed by atoms with Gasteiger partial charge in [-0.1, -0.05) is 42.5 Å². The Balaban J connectivity index is 2.50. The van der Waals surface area contributed by atoms with Crippen LogP contribution in [0.2, 0.25) is 0 Å². The van der Waals surface area contributed by atoms with Gasteiger partial charge in [-0.2, -0.15) is 5.26 Å². The molecule has 17 heavy (non-hydrogen) atoms. The van der Waals surface area contributed by atoms with E-state index in [1.165, 1.54) is 5.39 Å². The van der Waals surface area contributed by atoms with E-state index >= 15 is 0 Å². The summed E-state index contributed by atoms with van der Waals surface area (Å²) in [6.45, 7) is 4.10. The third-order valence-corrected chi connectivity index (χ3v) is 2.76. The van der Waals surface area contributed by atoms with Crippen molar-refractivity contribution in [3.05, 3.63) is 48.0 Å². The Labute approximate surface area is 102 Å². The van der Waals surface area contributed by atoms with Crippen LogP contribution in [0.25, 0.3) is 10.8 Å². The van der Waals surface area contributed by atoms with Crippen LogP contribution in [0.15, 0.2) is 42.5 Å². The highest BCUT2D eigenvalue weighted by molar-refractivity contribution is 5.86. The van der Waals surface area contributed by atoms with Gasteiger partial charge in [-0.05, 0) is 30.2 Å². The van der Waals surface area contributed by atoms with Crippen LogP contribution in [0.3, 0.4) is 0 Å². The molecule has 0 saturated carbocycles. The van der Waals surface area contributed by atoms with E-state index < -0.39 is 0 Å². The fourth-order valence-corrected chi connectivity index (χ4v) is 2.03. The molecule has 86 valence electrons. The summed E-state index contributed by atoms with van der Waals surface area (Å²) >= 11 is 0. The monoisotopic (exact) mass is 224 g/mol. The van der Waals surface area contributed by atoms with Gasteiger partial charge in [0.2, 0.25) is 0 Å². The van der Waals surface area contributed by atoms with Gasteiger partial charge >= 0.3 is 0 Å². The van der Waals surface area contributed by atoms with E-state index in [-0.39, 0.29) is 6.04 Å². The van der Waals surface area contributed by atoms with Crippen LogP contribution < -0.4 is 5.32 Å². The second-order valence-electron chi connectivity index (χ2n) is 4.45. The van der Waals surface area contributed by atoms with Gasteiger partial charge < -0.3 is 0 Å². The van der Waals surface area contributed by atoms with Crippen LogP contribution in [0.4, 0.5) is 0 Å². The lowest BCUT2D eigenvalue weighted by Gasteiger charge is -2.16. The van der Waals surface area contributed by atoms with Crippen molar-refractivity contribution in [3.8, 4) is 6.07 Å². The summed E-state index contributed by atoms with van der Waals surface area (Å²) in [5, 5.41) is 14.9. The lowest BCUT2D eigenvalue weighted by Crippen LogP contribution is -2.27. The SMILES string of the molecule is CC(C)NC(C#N)c1cccc2ccccc12. The van der Waals surface area contributed by atoms with Crippen LogP contribution in [0.1, 0.15) is 25.5 Å². The minimum absolute atomic E-state index is 0.249. The first-order valence-corrected chi connectivity index (χ1v) is 5.85. The molecule has 1 unspecified atom stereocenters. The normalized spacial score (nSPS) is 12.6. The summed E-state index contributed by atoms with van der Waals surface area (Å²) in [5.74, 6) is 0. The zero-order valence-electron chi connectivity index (χ0n) is 10.1. The van der Waals surface area contributed by atoms with Crippen molar-refractivity contribution in [2.75, 3.05) is 0 Å². The van der Waals surface area contributed by atoms with Crippen molar-refractivity contribution in [3.63, 3.8) is 0 Å². The minimum Gasteiger partial charge on any atom is -0.296 e. The first-order chi connectivity index (χ1) is 8.22. The van der Waals surface area contributed by atoms with E-state index in [0.717, 1.165) is 10.9 Å². The maximum absolute atomic E-state index is 9.28. The molecule has 0 spiro atoms. The minimum atomic E-state index is -0.249. The molecular weight excluding hydrogens is 208 g/mol. The molecule has 0 radical (unpaired) electrons. The predicted octanol–water partition coefficient (Wildman–Crippen LogP) is 3.40. The number of hydrogen-bond acceptors (Lipinski definition) is 2. The van der Waals surface area contributed by atoms with Crippen molar-refractivity contribution < 1.29 is 0 Å². The van der Waals surface area contributed by atoms with Crippen molar-refractivity contribution in [2.45, 2.75) is 25.9 Å². The maximum atomic E-state index is 9.28. The number of nitrogens with one attached hydrogen (secondary N) is 1. The first-order valence-electron chi connectivity index (χ1n) is 5.85. The maximum Gasteiger partial charge on any atom is 0.122 e. The molecule has 0 heterocycles. The Morgan fingerprint density at radius 2 is 1.76 bits per heavy atom. The lowest BCUT2D eigenvalue weighted by molar-refractivity contribution is 0.548. The third kappa shape index (κ3) is 2.46. The second kappa shape index (κ2) is 4.99. The third-order valence-electron chi connectivity index (χ3n) is 2.76. The van der Waals surface area contributed by atoms with E-state index in [0.29, 0.717) is 6.04 Å². The number of rotatable bonds is 3. The average molecular weight is 224 g/mol. The van der Waals surface area contributed by atoms with Crippen molar-refractivity contribution in [2.24, 2.45) is 0 Å². The molecule has 1 atom stereocenters. The molecule has 0 amide bonds. The topological polar surface area (TPSA) is 35.8 Å². The van der Waals surface area contributed by atoms with Crippen LogP contribution in [-0.4, -0.2) is 6.04 Å². The number of hydrogen-bond donors (Lipinski definition) is 1. The molecule has 2 heteroatoms. The molecule has 2 rings (SSSR count). The number of nitrogens with zero attached hydrogens (tertiary/aromatic N) is 1. The van der Waals surface area contributed by atoms with Gasteiger partial charge in [-0.15, -0.1) is 0 Å². The van der Waals surface area contributed by atoms with Gasteiger partial charge in [0.05, 0.1) is 6.07 Å². The molecule has 1 N–H and O–H groups in total. The summed E-state index contributed by atoms with van der Waals surface area (Å²) in [6.07, 6.45) is 0. The highest BCUT2D eigenvalue weighted by atomic mass is 14.9. The summed E-state index contributed by atoms with van der Waals surface area (Å²) < 4.78 is 0. The zero-order chi connectivity index (χ0) is 12.3. The number of benzene rings is 2. The summed E-state index contributed by atoms with van der Waals surface area (Å²) in [4.78, 5) is 0. The Hall–Kier alpha value is -1.85. The molecule has 2 nitrogen and oxygen atoms in total. The highest BCUT2D eigenvalue weighted by Gasteiger charge is 2.13. The van der Waals surface area contributed by atoms with Crippen molar-refractivity contribution in [1.29, 1.82) is 5.26 Å². The van der Waals surface area contributed by atoms with Gasteiger partial charge in [0, 0.05) is 6.04 Å². The van der Waals surface area contributed by atoms with Crippen molar-refractivity contribution in [1.82, 2.24) is 5.32 Å². The summed E-state index contributed by atoms with van der Waals surface area (Å²) in [7, 11) is 0. The van der Waals surface area contributed by atoms with E-state index in [2.05, 4.69) is 43.4 Å². The summed E-state index contributed by atoms with van der Waals surface area (Å²) in [5.41, 5.74) is 1.05. The zero-order valence-corrected chi connectivity index (χ0v) is 10.1. The Morgan fingerprint density at radius 3 is 2.47 bits per heavy atom. The predicted molar refractivity (Wildman–Crippen MR) is 70.6 cm³/mol.